The lowest BCUT2D eigenvalue weighted by Crippen LogP contribution is -2.51. The first-order chi connectivity index (χ1) is 10.2. The highest BCUT2D eigenvalue weighted by Crippen LogP contribution is 2.35. The molecule has 21 heavy (non-hydrogen) atoms. The predicted octanol–water partition coefficient (Wildman–Crippen LogP) is 3.85. The standard InChI is InChI=1S/C17H22INO2/c18-14-7-9-15(10-8-14)21-12-17(20)19-11-3-5-13-4-1-2-6-16(13)19/h7-10,13,16H,1-6,11-12H2. The maximum atomic E-state index is 12.5. The molecule has 4 heteroatoms. The summed E-state index contributed by atoms with van der Waals surface area (Å²) in [6.07, 6.45) is 7.53. The minimum Gasteiger partial charge on any atom is -0.484 e. The Bertz CT molecular complexity index is 486. The summed E-state index contributed by atoms with van der Waals surface area (Å²) in [6.45, 7) is 1.08. The van der Waals surface area contributed by atoms with E-state index in [1.54, 1.807) is 0 Å². The molecule has 0 bridgehead atoms. The molecular weight excluding hydrogens is 377 g/mol. The average molecular weight is 399 g/mol. The molecule has 0 aromatic heterocycles. The van der Waals surface area contributed by atoms with Crippen LogP contribution in [0.3, 0.4) is 0 Å². The zero-order chi connectivity index (χ0) is 14.7. The Morgan fingerprint density at radius 1 is 1.14 bits per heavy atom. The van der Waals surface area contributed by atoms with Crippen LogP contribution in [0.2, 0.25) is 0 Å². The maximum Gasteiger partial charge on any atom is 0.260 e. The molecule has 114 valence electrons. The molecule has 0 N–H and O–H groups in total. The van der Waals surface area contributed by atoms with Crippen LogP contribution in [0.1, 0.15) is 38.5 Å². The van der Waals surface area contributed by atoms with Gasteiger partial charge in [-0.2, -0.15) is 0 Å². The summed E-state index contributed by atoms with van der Waals surface area (Å²) in [6, 6.07) is 8.32. The van der Waals surface area contributed by atoms with Gasteiger partial charge in [0.2, 0.25) is 0 Å². The molecule has 3 nitrogen and oxygen atoms in total. The fraction of sp³-hybridized carbons (Fsp3) is 0.588. The van der Waals surface area contributed by atoms with E-state index in [0.717, 1.165) is 24.6 Å². The van der Waals surface area contributed by atoms with Crippen molar-refractivity contribution in [2.45, 2.75) is 44.6 Å². The number of carbonyl (C=O) groups excluding carboxylic acids is 1. The van der Waals surface area contributed by atoms with Crippen molar-refractivity contribution in [3.63, 3.8) is 0 Å². The molecule has 1 aliphatic heterocycles. The third-order valence-corrected chi connectivity index (χ3v) is 5.46. The van der Waals surface area contributed by atoms with Gasteiger partial charge in [0.25, 0.3) is 5.91 Å². The van der Waals surface area contributed by atoms with Crippen LogP contribution in [0.5, 0.6) is 5.75 Å². The average Bonchev–Trinajstić information content (AvgIpc) is 2.53. The highest BCUT2D eigenvalue weighted by atomic mass is 127. The topological polar surface area (TPSA) is 29.5 Å². The number of hydrogen-bond donors (Lipinski definition) is 0. The second-order valence-electron chi connectivity index (χ2n) is 6.08. The zero-order valence-electron chi connectivity index (χ0n) is 12.3. The van der Waals surface area contributed by atoms with E-state index in [0.29, 0.717) is 6.04 Å². The van der Waals surface area contributed by atoms with Gasteiger partial charge in [-0.15, -0.1) is 0 Å². The van der Waals surface area contributed by atoms with Gasteiger partial charge in [-0.1, -0.05) is 12.8 Å². The van der Waals surface area contributed by atoms with Crippen molar-refractivity contribution in [2.75, 3.05) is 13.2 Å². The van der Waals surface area contributed by atoms with E-state index in [-0.39, 0.29) is 12.5 Å². The smallest absolute Gasteiger partial charge is 0.260 e. The molecule has 1 saturated heterocycles. The molecule has 0 radical (unpaired) electrons. The number of nitrogens with zero attached hydrogens (tertiary/aromatic N) is 1. The van der Waals surface area contributed by atoms with Crippen LogP contribution in [0, 0.1) is 9.49 Å². The first-order valence-corrected chi connectivity index (χ1v) is 9.00. The highest BCUT2D eigenvalue weighted by Gasteiger charge is 2.35. The van der Waals surface area contributed by atoms with Crippen LogP contribution in [-0.4, -0.2) is 30.0 Å². The summed E-state index contributed by atoms with van der Waals surface area (Å²) in [5, 5.41) is 0. The number of fused-ring (bicyclic) bond motifs is 1. The number of amides is 1. The number of rotatable bonds is 3. The number of benzene rings is 1. The Labute approximate surface area is 140 Å². The third kappa shape index (κ3) is 3.71. The molecule has 1 amide bonds. The normalized spacial score (nSPS) is 25.3. The van der Waals surface area contributed by atoms with Crippen LogP contribution in [0.25, 0.3) is 0 Å². The summed E-state index contributed by atoms with van der Waals surface area (Å²) >= 11 is 2.26. The van der Waals surface area contributed by atoms with Crippen molar-refractivity contribution in [3.8, 4) is 5.75 Å². The monoisotopic (exact) mass is 399 g/mol. The largest absolute Gasteiger partial charge is 0.484 e. The Balaban J connectivity index is 1.57. The van der Waals surface area contributed by atoms with Gasteiger partial charge < -0.3 is 9.64 Å². The number of likely N-dealkylation sites (tertiary alicyclic amines) is 1. The molecule has 3 rings (SSSR count). The second kappa shape index (κ2) is 6.99. The molecule has 2 fully saturated rings. The SMILES string of the molecule is O=C(COc1ccc(I)cc1)N1CCCC2CCCCC21. The van der Waals surface area contributed by atoms with Gasteiger partial charge in [0, 0.05) is 16.2 Å². The molecule has 2 atom stereocenters. The Morgan fingerprint density at radius 2 is 1.86 bits per heavy atom. The third-order valence-electron chi connectivity index (χ3n) is 4.74. The van der Waals surface area contributed by atoms with E-state index in [9.17, 15) is 4.79 Å². The Morgan fingerprint density at radius 3 is 2.67 bits per heavy atom. The Kier molecular flexibility index (Phi) is 5.03. The fourth-order valence-corrected chi connectivity index (χ4v) is 4.05. The molecule has 1 heterocycles. The lowest BCUT2D eigenvalue weighted by atomic mass is 9.78. The minimum absolute atomic E-state index is 0.158. The van der Waals surface area contributed by atoms with Crippen molar-refractivity contribution < 1.29 is 9.53 Å². The summed E-state index contributed by atoms with van der Waals surface area (Å²) in [7, 11) is 0. The lowest BCUT2D eigenvalue weighted by molar-refractivity contribution is -0.139. The molecular formula is C17H22INO2. The summed E-state index contributed by atoms with van der Waals surface area (Å²) in [5.74, 6) is 1.67. The van der Waals surface area contributed by atoms with Crippen molar-refractivity contribution in [1.82, 2.24) is 4.90 Å². The second-order valence-corrected chi connectivity index (χ2v) is 7.33. The lowest BCUT2D eigenvalue weighted by Gasteiger charge is -2.44. The molecule has 0 spiro atoms. The van der Waals surface area contributed by atoms with Gasteiger partial charge in [0.15, 0.2) is 6.61 Å². The van der Waals surface area contributed by atoms with Gasteiger partial charge in [-0.05, 0) is 78.5 Å². The molecule has 1 saturated carbocycles. The summed E-state index contributed by atoms with van der Waals surface area (Å²) in [5.41, 5.74) is 0. The number of hydrogen-bond acceptors (Lipinski definition) is 2. The quantitative estimate of drug-likeness (QED) is 0.723. The summed E-state index contributed by atoms with van der Waals surface area (Å²) < 4.78 is 6.83. The summed E-state index contributed by atoms with van der Waals surface area (Å²) in [4.78, 5) is 14.6. The zero-order valence-corrected chi connectivity index (χ0v) is 14.4. The van der Waals surface area contributed by atoms with Gasteiger partial charge >= 0.3 is 0 Å². The van der Waals surface area contributed by atoms with Gasteiger partial charge in [-0.25, -0.2) is 0 Å². The van der Waals surface area contributed by atoms with E-state index in [1.807, 2.05) is 24.3 Å². The van der Waals surface area contributed by atoms with E-state index in [4.69, 9.17) is 4.74 Å². The van der Waals surface area contributed by atoms with Crippen molar-refractivity contribution in [1.29, 1.82) is 0 Å². The molecule has 2 unspecified atom stereocenters. The maximum absolute atomic E-state index is 12.5. The van der Waals surface area contributed by atoms with Crippen LogP contribution in [-0.2, 0) is 4.79 Å². The van der Waals surface area contributed by atoms with Crippen molar-refractivity contribution in [2.24, 2.45) is 5.92 Å². The van der Waals surface area contributed by atoms with Crippen molar-refractivity contribution >= 4 is 28.5 Å². The first-order valence-electron chi connectivity index (χ1n) is 7.92. The van der Waals surface area contributed by atoms with Crippen LogP contribution in [0.15, 0.2) is 24.3 Å². The van der Waals surface area contributed by atoms with E-state index in [2.05, 4.69) is 27.5 Å². The Hall–Kier alpha value is -0.780. The number of halogens is 1. The van der Waals surface area contributed by atoms with Crippen LogP contribution >= 0.6 is 22.6 Å². The molecule has 2 aliphatic rings. The predicted molar refractivity (Wildman–Crippen MR) is 91.3 cm³/mol. The number of piperidine rings is 1. The van der Waals surface area contributed by atoms with Gasteiger partial charge in [-0.3, -0.25) is 4.79 Å². The molecule has 1 aromatic rings. The van der Waals surface area contributed by atoms with E-state index >= 15 is 0 Å². The minimum atomic E-state index is 0.158. The van der Waals surface area contributed by atoms with Crippen molar-refractivity contribution in [3.05, 3.63) is 27.8 Å². The van der Waals surface area contributed by atoms with Gasteiger partial charge in [0.05, 0.1) is 0 Å². The van der Waals surface area contributed by atoms with Crippen LogP contribution < -0.4 is 4.74 Å². The number of carbonyl (C=O) groups is 1. The van der Waals surface area contributed by atoms with E-state index in [1.165, 1.54) is 35.7 Å². The first kappa shape index (κ1) is 15.1. The molecule has 1 aromatic carbocycles. The van der Waals surface area contributed by atoms with Gasteiger partial charge in [0.1, 0.15) is 5.75 Å². The number of ether oxygens (including phenoxy) is 1. The molecule has 1 aliphatic carbocycles. The van der Waals surface area contributed by atoms with E-state index < -0.39 is 0 Å². The van der Waals surface area contributed by atoms with Crippen LogP contribution in [0.4, 0.5) is 0 Å². The highest BCUT2D eigenvalue weighted by molar-refractivity contribution is 14.1. The fourth-order valence-electron chi connectivity index (χ4n) is 3.69.